The number of hydrogen-bond donors (Lipinski definition) is 0. The minimum Gasteiger partial charge on any atom is -0.437 e. The number of hydrogen-bond acceptors (Lipinski definition) is 2. The fourth-order valence-corrected chi connectivity index (χ4v) is 1.62. The summed E-state index contributed by atoms with van der Waals surface area (Å²) in [7, 11) is 0. The van der Waals surface area contributed by atoms with Crippen LogP contribution in [0.15, 0.2) is 18.2 Å². The Morgan fingerprint density at radius 2 is 1.83 bits per heavy atom. The van der Waals surface area contributed by atoms with Gasteiger partial charge in [0.15, 0.2) is 0 Å². The van der Waals surface area contributed by atoms with Gasteiger partial charge in [-0.15, -0.1) is 24.3 Å². The first kappa shape index (κ1) is 17.0. The van der Waals surface area contributed by atoms with E-state index < -0.39 is 11.9 Å². The average molecular weight is 245 g/mol. The van der Waals surface area contributed by atoms with Crippen molar-refractivity contribution in [1.29, 1.82) is 0 Å². The number of benzene rings is 1. The van der Waals surface area contributed by atoms with Crippen LogP contribution < -0.4 is 23.6 Å². The van der Waals surface area contributed by atoms with E-state index in [2.05, 4.69) is 6.07 Å². The molecule has 0 aromatic heterocycles. The van der Waals surface area contributed by atoms with Gasteiger partial charge in [0.1, 0.15) is 0 Å². The summed E-state index contributed by atoms with van der Waals surface area (Å²) < 4.78 is 17.8. The van der Waals surface area contributed by atoms with Crippen LogP contribution in [-0.2, 0) is 0 Å². The molecule has 0 radical (unpaired) electrons. The summed E-state index contributed by atoms with van der Waals surface area (Å²) in [6.07, 6.45) is -0.446. The van der Waals surface area contributed by atoms with Gasteiger partial charge in [0.05, 0.1) is 0 Å². The maximum absolute atomic E-state index is 12.7. The average Bonchev–Trinajstić information content (AvgIpc) is 2.20. The van der Waals surface area contributed by atoms with Gasteiger partial charge in [0.2, 0.25) is 0 Å². The van der Waals surface area contributed by atoms with E-state index in [0.29, 0.717) is 0 Å². The number of carbonyl (C=O) groups is 1. The largest absolute Gasteiger partial charge is 1.00 e. The van der Waals surface area contributed by atoms with Crippen LogP contribution in [0.25, 0.3) is 0 Å². The zero-order valence-corrected chi connectivity index (χ0v) is 11.5. The van der Waals surface area contributed by atoms with E-state index in [-0.39, 0.29) is 36.7 Å². The third-order valence-corrected chi connectivity index (χ3v) is 2.27. The third-order valence-electron chi connectivity index (χ3n) is 2.27. The topological polar surface area (TPSA) is 29.5 Å². The standard InChI is InChI=1S/C13H17FNO2.Li/c1-9(2)15(10(3)4)13(16)17-12-7-5-11(14)6-8-12;/h5-7,9-10H,1-4H3;/q-1;+1. The molecule has 0 atom stereocenters. The van der Waals surface area contributed by atoms with Crippen LogP contribution in [0.2, 0.25) is 0 Å². The third kappa shape index (κ3) is 4.71. The summed E-state index contributed by atoms with van der Waals surface area (Å²) in [5, 5.41) is 0. The predicted octanol–water partition coefficient (Wildman–Crippen LogP) is 0.247. The van der Waals surface area contributed by atoms with Crippen LogP contribution in [0.3, 0.4) is 0 Å². The van der Waals surface area contributed by atoms with Crippen LogP contribution in [0.4, 0.5) is 9.18 Å². The molecule has 1 aromatic carbocycles. The number of rotatable bonds is 3. The van der Waals surface area contributed by atoms with Crippen LogP contribution in [0.1, 0.15) is 27.7 Å². The fraction of sp³-hybridized carbons (Fsp3) is 0.462. The summed E-state index contributed by atoms with van der Waals surface area (Å²) in [4.78, 5) is 13.5. The Morgan fingerprint density at radius 3 is 2.22 bits per heavy atom. The zero-order chi connectivity index (χ0) is 13.0. The Kier molecular flexibility index (Phi) is 7.04. The molecule has 0 bridgehead atoms. The summed E-state index contributed by atoms with van der Waals surface area (Å²) in [6, 6.07) is 6.39. The molecule has 0 N–H and O–H groups in total. The normalized spacial score (nSPS) is 10.2. The Bertz CT molecular complexity index is 371. The molecule has 0 spiro atoms. The number of halogens is 1. The molecule has 94 valence electrons. The smallest absolute Gasteiger partial charge is 0.437 e. The Hall–Kier alpha value is -0.983. The number of amides is 1. The predicted molar refractivity (Wildman–Crippen MR) is 63.4 cm³/mol. The minimum absolute atomic E-state index is 0. The van der Waals surface area contributed by atoms with Crippen LogP contribution in [0, 0.1) is 11.9 Å². The second-order valence-electron chi connectivity index (χ2n) is 4.33. The van der Waals surface area contributed by atoms with E-state index in [1.54, 1.807) is 4.90 Å². The van der Waals surface area contributed by atoms with Gasteiger partial charge >= 0.3 is 25.0 Å². The van der Waals surface area contributed by atoms with Gasteiger partial charge in [-0.1, -0.05) is 0 Å². The maximum Gasteiger partial charge on any atom is 1.00 e. The Labute approximate surface area is 119 Å². The van der Waals surface area contributed by atoms with Crippen molar-refractivity contribution in [3.8, 4) is 5.75 Å². The Morgan fingerprint density at radius 1 is 1.28 bits per heavy atom. The maximum atomic E-state index is 12.7. The molecular formula is C13H17FLiNO2. The molecule has 1 amide bonds. The number of ether oxygens (including phenoxy) is 1. The van der Waals surface area contributed by atoms with Crippen molar-refractivity contribution < 1.29 is 32.8 Å². The van der Waals surface area contributed by atoms with Gasteiger partial charge in [-0.05, 0) is 27.7 Å². The molecule has 0 aliphatic carbocycles. The van der Waals surface area contributed by atoms with Crippen molar-refractivity contribution in [2.75, 3.05) is 0 Å². The molecule has 1 rings (SSSR count). The molecule has 0 aliphatic rings. The van der Waals surface area contributed by atoms with Crippen molar-refractivity contribution in [2.24, 2.45) is 0 Å². The molecule has 0 saturated carbocycles. The molecule has 0 fully saturated rings. The SMILES string of the molecule is CC(C)N(C(=O)Oc1[c-]cc(F)cc1)C(C)C.[Li+]. The molecule has 0 saturated heterocycles. The van der Waals surface area contributed by atoms with Crippen LogP contribution in [-0.4, -0.2) is 23.1 Å². The Balaban J connectivity index is 0.00000289. The molecule has 1 aromatic rings. The van der Waals surface area contributed by atoms with Gasteiger partial charge in [-0.2, -0.15) is 0 Å². The van der Waals surface area contributed by atoms with E-state index in [0.717, 1.165) is 6.07 Å². The van der Waals surface area contributed by atoms with E-state index in [4.69, 9.17) is 4.74 Å². The van der Waals surface area contributed by atoms with Gasteiger partial charge in [-0.25, -0.2) is 4.79 Å². The van der Waals surface area contributed by atoms with Crippen molar-refractivity contribution >= 4 is 6.09 Å². The van der Waals surface area contributed by atoms with Gasteiger partial charge in [-0.3, -0.25) is 4.39 Å². The summed E-state index contributed by atoms with van der Waals surface area (Å²) in [5.41, 5.74) is 0. The molecular weight excluding hydrogens is 228 g/mol. The molecule has 0 unspecified atom stereocenters. The van der Waals surface area contributed by atoms with E-state index in [9.17, 15) is 9.18 Å². The monoisotopic (exact) mass is 245 g/mol. The minimum atomic E-state index is -0.446. The van der Waals surface area contributed by atoms with Gasteiger partial charge in [0.25, 0.3) is 0 Å². The molecule has 0 heterocycles. The van der Waals surface area contributed by atoms with Crippen LogP contribution >= 0.6 is 0 Å². The molecule has 0 aliphatic heterocycles. The van der Waals surface area contributed by atoms with E-state index >= 15 is 0 Å². The summed E-state index contributed by atoms with van der Waals surface area (Å²) in [6.45, 7) is 7.65. The molecule has 18 heavy (non-hydrogen) atoms. The number of carbonyl (C=O) groups excluding carboxylic acids is 1. The van der Waals surface area contributed by atoms with Crippen molar-refractivity contribution in [3.05, 3.63) is 30.1 Å². The van der Waals surface area contributed by atoms with Gasteiger partial charge < -0.3 is 9.64 Å². The van der Waals surface area contributed by atoms with Gasteiger partial charge in [0, 0.05) is 23.7 Å². The second-order valence-corrected chi connectivity index (χ2v) is 4.33. The number of nitrogens with zero attached hydrogens (tertiary/aromatic N) is 1. The van der Waals surface area contributed by atoms with Crippen molar-refractivity contribution in [3.63, 3.8) is 0 Å². The second kappa shape index (κ2) is 7.45. The van der Waals surface area contributed by atoms with E-state index in [1.807, 2.05) is 27.7 Å². The zero-order valence-electron chi connectivity index (χ0n) is 11.5. The summed E-state index contributed by atoms with van der Waals surface area (Å²) in [5.74, 6) is -0.183. The first-order valence-electron chi connectivity index (χ1n) is 5.59. The first-order chi connectivity index (χ1) is 7.91. The first-order valence-corrected chi connectivity index (χ1v) is 5.59. The fourth-order valence-electron chi connectivity index (χ4n) is 1.62. The molecule has 5 heteroatoms. The molecule has 3 nitrogen and oxygen atoms in total. The quantitative estimate of drug-likeness (QED) is 0.564. The van der Waals surface area contributed by atoms with E-state index in [1.165, 1.54) is 12.1 Å². The van der Waals surface area contributed by atoms with Crippen molar-refractivity contribution in [1.82, 2.24) is 4.90 Å². The summed E-state index contributed by atoms with van der Waals surface area (Å²) >= 11 is 0. The van der Waals surface area contributed by atoms with Crippen LogP contribution in [0.5, 0.6) is 5.75 Å². The van der Waals surface area contributed by atoms with Crippen molar-refractivity contribution in [2.45, 2.75) is 39.8 Å².